The summed E-state index contributed by atoms with van der Waals surface area (Å²) in [4.78, 5) is 12.9. The fourth-order valence-electron chi connectivity index (χ4n) is 4.78. The average Bonchev–Trinajstić information content (AvgIpc) is 3.34. The minimum absolute atomic E-state index is 0.129. The van der Waals surface area contributed by atoms with Gasteiger partial charge in [-0.15, -0.1) is 0 Å². The van der Waals surface area contributed by atoms with Crippen molar-refractivity contribution in [2.24, 2.45) is 0 Å². The lowest BCUT2D eigenvalue weighted by Crippen LogP contribution is -2.15. The molecule has 3 rings (SSSR count). The van der Waals surface area contributed by atoms with E-state index >= 15 is 0 Å². The van der Waals surface area contributed by atoms with Gasteiger partial charge in [0, 0.05) is 6.61 Å². The Morgan fingerprint density at radius 2 is 1.44 bits per heavy atom. The molecule has 0 aliphatic heterocycles. The van der Waals surface area contributed by atoms with Gasteiger partial charge in [-0.05, 0) is 30.9 Å². The van der Waals surface area contributed by atoms with Crippen LogP contribution in [0.5, 0.6) is 0 Å². The molecule has 0 bridgehead atoms. The number of anilines is 1. The van der Waals surface area contributed by atoms with Crippen LogP contribution < -0.4 is 5.73 Å². The van der Waals surface area contributed by atoms with Crippen LogP contribution in [-0.4, -0.2) is 26.1 Å². The van der Waals surface area contributed by atoms with Gasteiger partial charge in [-0.3, -0.25) is 4.57 Å². The highest BCUT2D eigenvalue weighted by Gasteiger charge is 2.17. The minimum atomic E-state index is -0.129. The van der Waals surface area contributed by atoms with Gasteiger partial charge < -0.3 is 10.5 Å². The van der Waals surface area contributed by atoms with E-state index in [-0.39, 0.29) is 6.23 Å². The van der Waals surface area contributed by atoms with E-state index in [1.165, 1.54) is 95.4 Å². The Labute approximate surface area is 218 Å². The topological polar surface area (TPSA) is 78.9 Å². The van der Waals surface area contributed by atoms with Crippen molar-refractivity contribution in [3.05, 3.63) is 48.5 Å². The van der Waals surface area contributed by atoms with E-state index in [0.717, 1.165) is 31.5 Å². The molecule has 6 heteroatoms. The first-order valence-corrected chi connectivity index (χ1v) is 14.3. The van der Waals surface area contributed by atoms with Crippen LogP contribution in [0.1, 0.15) is 115 Å². The molecule has 0 saturated carbocycles. The summed E-state index contributed by atoms with van der Waals surface area (Å²) in [6.07, 6.45) is 23.9. The number of ether oxygens (including phenoxy) is 1. The number of hydrogen-bond donors (Lipinski definition) is 1. The summed E-state index contributed by atoms with van der Waals surface area (Å²) in [6.45, 7) is 3.03. The predicted octanol–water partition coefficient (Wildman–Crippen LogP) is 7.84. The number of hydrogen-bond acceptors (Lipinski definition) is 5. The molecule has 197 valence electrons. The van der Waals surface area contributed by atoms with Gasteiger partial charge in [0.15, 0.2) is 11.5 Å². The molecular formula is C30H46N5O. The molecular weight excluding hydrogens is 446 g/mol. The molecule has 1 aromatic carbocycles. The first-order chi connectivity index (χ1) is 17.8. The van der Waals surface area contributed by atoms with E-state index in [1.54, 1.807) is 6.33 Å². The van der Waals surface area contributed by atoms with Gasteiger partial charge in [0.25, 0.3) is 0 Å². The maximum Gasteiger partial charge on any atom is 0.167 e. The van der Waals surface area contributed by atoms with Crippen LogP contribution in [0, 0.1) is 6.07 Å². The van der Waals surface area contributed by atoms with Crippen molar-refractivity contribution < 1.29 is 4.74 Å². The Morgan fingerprint density at radius 3 is 2.08 bits per heavy atom. The molecule has 1 unspecified atom stereocenters. The van der Waals surface area contributed by atoms with Crippen LogP contribution in [0.3, 0.4) is 0 Å². The molecule has 0 saturated heterocycles. The lowest BCUT2D eigenvalue weighted by atomic mass is 10.0. The molecule has 3 aromatic rings. The summed E-state index contributed by atoms with van der Waals surface area (Å²) in [6, 6.07) is 11.2. The number of nitrogen functional groups attached to an aromatic ring is 1. The van der Waals surface area contributed by atoms with E-state index in [9.17, 15) is 0 Å². The van der Waals surface area contributed by atoms with Gasteiger partial charge in [-0.2, -0.15) is 0 Å². The first-order valence-electron chi connectivity index (χ1n) is 14.3. The Balaban J connectivity index is 1.33. The second kappa shape index (κ2) is 17.1. The average molecular weight is 493 g/mol. The molecule has 36 heavy (non-hydrogen) atoms. The lowest BCUT2D eigenvalue weighted by Gasteiger charge is -2.20. The smallest absolute Gasteiger partial charge is 0.167 e. The number of imidazole rings is 1. The van der Waals surface area contributed by atoms with Crippen molar-refractivity contribution in [1.29, 1.82) is 0 Å². The van der Waals surface area contributed by atoms with Crippen molar-refractivity contribution in [2.45, 2.75) is 116 Å². The highest BCUT2D eigenvalue weighted by atomic mass is 16.5. The number of unbranched alkanes of at least 4 members (excludes halogenated alkanes) is 13. The van der Waals surface area contributed by atoms with E-state index in [1.807, 2.05) is 16.7 Å². The summed E-state index contributed by atoms with van der Waals surface area (Å²) in [5.74, 6) is 0.406. The Hall–Kier alpha value is -2.47. The number of aromatic nitrogens is 4. The zero-order chi connectivity index (χ0) is 25.3. The molecule has 0 amide bonds. The number of nitrogens with two attached hydrogens (primary N) is 1. The number of aryl methyl sites for hydroxylation is 1. The normalized spacial score (nSPS) is 12.4. The molecule has 1 radical (unpaired) electrons. The minimum Gasteiger partial charge on any atom is -0.382 e. The molecule has 2 N–H and O–H groups in total. The highest BCUT2D eigenvalue weighted by molar-refractivity contribution is 5.81. The van der Waals surface area contributed by atoms with Crippen molar-refractivity contribution in [3.8, 4) is 0 Å². The molecule has 0 aliphatic rings. The molecule has 6 nitrogen and oxygen atoms in total. The third-order valence-corrected chi connectivity index (χ3v) is 6.97. The van der Waals surface area contributed by atoms with Gasteiger partial charge in [0.05, 0.1) is 6.33 Å². The maximum absolute atomic E-state index is 6.38. The SMILES string of the molecule is CCCCCCCCCCCCCCCCOC(CCc1cc[c]cc1)n1cnc2c(N)ncnc21. The number of fused-ring (bicyclic) bond motifs is 1. The van der Waals surface area contributed by atoms with Crippen molar-refractivity contribution in [2.75, 3.05) is 12.3 Å². The fourth-order valence-corrected chi connectivity index (χ4v) is 4.78. The van der Waals surface area contributed by atoms with E-state index in [4.69, 9.17) is 10.5 Å². The van der Waals surface area contributed by atoms with Gasteiger partial charge in [0.1, 0.15) is 18.1 Å². The second-order valence-electron chi connectivity index (χ2n) is 9.95. The summed E-state index contributed by atoms with van der Waals surface area (Å²) >= 11 is 0. The quantitative estimate of drug-likeness (QED) is 0.163. The molecule has 0 spiro atoms. The Kier molecular flexibility index (Phi) is 13.3. The van der Waals surface area contributed by atoms with Crippen LogP contribution in [0.15, 0.2) is 36.9 Å². The van der Waals surface area contributed by atoms with E-state index < -0.39 is 0 Å². The monoisotopic (exact) mass is 492 g/mol. The third-order valence-electron chi connectivity index (χ3n) is 6.97. The van der Waals surface area contributed by atoms with Crippen LogP contribution in [-0.2, 0) is 11.2 Å². The molecule has 0 aliphatic carbocycles. The standard InChI is InChI=1S/C30H46N5O/c1-2-3-4-5-6-7-8-9-10-11-12-13-14-18-23-36-27(22-21-26-19-16-15-17-20-26)35-25-34-28-29(31)32-24-33-30(28)35/h16-17,19-20,24-25,27H,2-14,18,21-23H2,1H3,(H2,31,32,33). The predicted molar refractivity (Wildman–Crippen MR) is 149 cm³/mol. The zero-order valence-corrected chi connectivity index (χ0v) is 22.3. The van der Waals surface area contributed by atoms with E-state index in [2.05, 4.69) is 40.1 Å². The summed E-state index contributed by atoms with van der Waals surface area (Å²) < 4.78 is 8.38. The highest BCUT2D eigenvalue weighted by Crippen LogP contribution is 2.24. The van der Waals surface area contributed by atoms with Crippen LogP contribution in [0.25, 0.3) is 11.2 Å². The summed E-state index contributed by atoms with van der Waals surface area (Å²) in [5, 5.41) is 0. The number of rotatable bonds is 20. The second-order valence-corrected chi connectivity index (χ2v) is 9.95. The van der Waals surface area contributed by atoms with Crippen LogP contribution >= 0.6 is 0 Å². The van der Waals surface area contributed by atoms with Crippen LogP contribution in [0.4, 0.5) is 5.82 Å². The maximum atomic E-state index is 6.38. The van der Waals surface area contributed by atoms with Crippen molar-refractivity contribution in [3.63, 3.8) is 0 Å². The van der Waals surface area contributed by atoms with Gasteiger partial charge in [-0.1, -0.05) is 115 Å². The Morgan fingerprint density at radius 1 is 0.833 bits per heavy atom. The number of benzene rings is 1. The van der Waals surface area contributed by atoms with Crippen molar-refractivity contribution >= 4 is 17.0 Å². The molecule has 2 heterocycles. The molecule has 0 fully saturated rings. The molecule has 2 aromatic heterocycles. The fraction of sp³-hybridized carbons (Fsp3) is 0.633. The van der Waals surface area contributed by atoms with Crippen molar-refractivity contribution in [1.82, 2.24) is 19.5 Å². The first kappa shape index (κ1) is 28.1. The molecule has 1 atom stereocenters. The lowest BCUT2D eigenvalue weighted by molar-refractivity contribution is -0.00294. The third kappa shape index (κ3) is 9.88. The largest absolute Gasteiger partial charge is 0.382 e. The Bertz CT molecular complexity index is 958. The van der Waals surface area contributed by atoms with Gasteiger partial charge in [-0.25, -0.2) is 15.0 Å². The number of nitrogens with zero attached hydrogens (tertiary/aromatic N) is 4. The summed E-state index contributed by atoms with van der Waals surface area (Å²) in [7, 11) is 0. The van der Waals surface area contributed by atoms with Crippen LogP contribution in [0.2, 0.25) is 0 Å². The van der Waals surface area contributed by atoms with E-state index in [0.29, 0.717) is 11.3 Å². The zero-order valence-electron chi connectivity index (χ0n) is 22.3. The van der Waals surface area contributed by atoms with Gasteiger partial charge in [0.2, 0.25) is 0 Å². The van der Waals surface area contributed by atoms with Gasteiger partial charge >= 0.3 is 0 Å². The summed E-state index contributed by atoms with van der Waals surface area (Å²) in [5.41, 5.74) is 8.64.